The lowest BCUT2D eigenvalue weighted by Crippen LogP contribution is -2.28. The minimum atomic E-state index is -1.21. The average molecular weight is 279 g/mol. The van der Waals surface area contributed by atoms with Gasteiger partial charge in [-0.25, -0.2) is 9.78 Å². The second-order valence-electron chi connectivity index (χ2n) is 4.91. The van der Waals surface area contributed by atoms with Crippen LogP contribution in [0.4, 0.5) is 11.5 Å². The van der Waals surface area contributed by atoms with E-state index in [0.29, 0.717) is 12.6 Å². The molecule has 1 aliphatic rings. The maximum absolute atomic E-state index is 11.2. The molecule has 20 heavy (non-hydrogen) atoms. The van der Waals surface area contributed by atoms with Crippen molar-refractivity contribution >= 4 is 17.5 Å². The van der Waals surface area contributed by atoms with Crippen LogP contribution in [0.15, 0.2) is 12.3 Å². The SMILES string of the molecule is CCCCN(c1ncc(C(=O)O)cc1[N+](=O)[O-])C1CC1. The van der Waals surface area contributed by atoms with Gasteiger partial charge < -0.3 is 10.0 Å². The second kappa shape index (κ2) is 5.85. The first kappa shape index (κ1) is 14.2. The molecule has 108 valence electrons. The summed E-state index contributed by atoms with van der Waals surface area (Å²) >= 11 is 0. The van der Waals surface area contributed by atoms with Crippen LogP contribution in [0.1, 0.15) is 43.0 Å². The number of nitrogens with zero attached hydrogens (tertiary/aromatic N) is 3. The molecule has 0 radical (unpaired) electrons. The number of nitro groups is 1. The van der Waals surface area contributed by atoms with E-state index < -0.39 is 10.9 Å². The number of carbonyl (C=O) groups is 1. The number of carboxylic acids is 1. The van der Waals surface area contributed by atoms with Crippen molar-refractivity contribution in [2.75, 3.05) is 11.4 Å². The van der Waals surface area contributed by atoms with Gasteiger partial charge in [-0.3, -0.25) is 10.1 Å². The number of aromatic nitrogens is 1. The summed E-state index contributed by atoms with van der Waals surface area (Å²) < 4.78 is 0. The highest BCUT2D eigenvalue weighted by atomic mass is 16.6. The molecule has 0 saturated heterocycles. The van der Waals surface area contributed by atoms with Crippen LogP contribution >= 0.6 is 0 Å². The molecular weight excluding hydrogens is 262 g/mol. The van der Waals surface area contributed by atoms with E-state index in [-0.39, 0.29) is 17.1 Å². The zero-order valence-corrected chi connectivity index (χ0v) is 11.3. The van der Waals surface area contributed by atoms with Gasteiger partial charge in [0.2, 0.25) is 5.82 Å². The molecule has 7 nitrogen and oxygen atoms in total. The largest absolute Gasteiger partial charge is 0.478 e. The van der Waals surface area contributed by atoms with E-state index in [2.05, 4.69) is 11.9 Å². The van der Waals surface area contributed by atoms with E-state index in [1.807, 2.05) is 4.90 Å². The van der Waals surface area contributed by atoms with Crippen molar-refractivity contribution in [2.24, 2.45) is 0 Å². The average Bonchev–Trinajstić information content (AvgIpc) is 3.23. The molecule has 2 rings (SSSR count). The van der Waals surface area contributed by atoms with Gasteiger partial charge in [-0.2, -0.15) is 0 Å². The van der Waals surface area contributed by atoms with Crippen LogP contribution in [0.25, 0.3) is 0 Å². The van der Waals surface area contributed by atoms with Crippen LogP contribution < -0.4 is 4.90 Å². The molecule has 0 aliphatic heterocycles. The molecule has 0 unspecified atom stereocenters. The molecule has 1 N–H and O–H groups in total. The molecule has 0 aromatic carbocycles. The van der Waals surface area contributed by atoms with E-state index in [1.54, 1.807) is 0 Å². The maximum Gasteiger partial charge on any atom is 0.337 e. The summed E-state index contributed by atoms with van der Waals surface area (Å²) in [6.45, 7) is 2.77. The van der Waals surface area contributed by atoms with Gasteiger partial charge >= 0.3 is 11.7 Å². The Hall–Kier alpha value is -2.18. The van der Waals surface area contributed by atoms with Crippen LogP contribution in [-0.4, -0.2) is 33.6 Å². The summed E-state index contributed by atoms with van der Waals surface area (Å²) in [4.78, 5) is 27.5. The van der Waals surface area contributed by atoms with E-state index in [9.17, 15) is 14.9 Å². The zero-order chi connectivity index (χ0) is 14.7. The highest BCUT2D eigenvalue weighted by molar-refractivity contribution is 5.88. The number of pyridine rings is 1. The standard InChI is InChI=1S/C13H17N3O4/c1-2-3-6-15(10-4-5-10)12-11(16(19)20)7-9(8-14-12)13(17)18/h7-8,10H,2-6H2,1H3,(H,17,18). The highest BCUT2D eigenvalue weighted by Gasteiger charge is 2.34. The van der Waals surface area contributed by atoms with Crippen LogP contribution in [0.2, 0.25) is 0 Å². The number of anilines is 1. The lowest BCUT2D eigenvalue weighted by atomic mass is 10.2. The molecule has 0 bridgehead atoms. The van der Waals surface area contributed by atoms with Gasteiger partial charge in [0, 0.05) is 24.8 Å². The normalized spacial score (nSPS) is 14.1. The quantitative estimate of drug-likeness (QED) is 0.608. The second-order valence-corrected chi connectivity index (χ2v) is 4.91. The molecule has 0 amide bonds. The fourth-order valence-corrected chi connectivity index (χ4v) is 2.09. The topological polar surface area (TPSA) is 96.6 Å². The van der Waals surface area contributed by atoms with Crippen molar-refractivity contribution in [3.63, 3.8) is 0 Å². The van der Waals surface area contributed by atoms with Gasteiger partial charge in [0.05, 0.1) is 10.5 Å². The Labute approximate surface area is 116 Å². The number of hydrogen-bond donors (Lipinski definition) is 1. The lowest BCUT2D eigenvalue weighted by molar-refractivity contribution is -0.384. The summed E-state index contributed by atoms with van der Waals surface area (Å²) in [7, 11) is 0. The molecule has 1 aliphatic carbocycles. The van der Waals surface area contributed by atoms with Crippen LogP contribution in [0, 0.1) is 10.1 Å². The van der Waals surface area contributed by atoms with Crippen molar-refractivity contribution in [3.8, 4) is 0 Å². The first-order valence-electron chi connectivity index (χ1n) is 6.69. The summed E-state index contributed by atoms with van der Waals surface area (Å²) in [5, 5.41) is 20.1. The van der Waals surface area contributed by atoms with Gasteiger partial charge in [-0.1, -0.05) is 13.3 Å². The summed E-state index contributed by atoms with van der Waals surface area (Å²) in [6.07, 6.45) is 5.11. The maximum atomic E-state index is 11.2. The number of hydrogen-bond acceptors (Lipinski definition) is 5. The molecule has 0 atom stereocenters. The van der Waals surface area contributed by atoms with E-state index in [1.165, 1.54) is 6.20 Å². The predicted octanol–water partition coefficient (Wildman–Crippen LogP) is 2.46. The van der Waals surface area contributed by atoms with Crippen molar-refractivity contribution in [2.45, 2.75) is 38.6 Å². The van der Waals surface area contributed by atoms with Gasteiger partial charge in [0.25, 0.3) is 0 Å². The zero-order valence-electron chi connectivity index (χ0n) is 11.3. The predicted molar refractivity (Wildman–Crippen MR) is 73.1 cm³/mol. The lowest BCUT2D eigenvalue weighted by Gasteiger charge is -2.22. The van der Waals surface area contributed by atoms with Crippen molar-refractivity contribution in [1.82, 2.24) is 4.98 Å². The molecule has 1 saturated carbocycles. The summed E-state index contributed by atoms with van der Waals surface area (Å²) in [5.74, 6) is -0.922. The molecule has 0 spiro atoms. The van der Waals surface area contributed by atoms with Crippen molar-refractivity contribution < 1.29 is 14.8 Å². The van der Waals surface area contributed by atoms with Crippen LogP contribution in [0.5, 0.6) is 0 Å². The molecule has 1 fully saturated rings. The van der Waals surface area contributed by atoms with E-state index in [0.717, 1.165) is 31.7 Å². The molecular formula is C13H17N3O4. The first-order chi connectivity index (χ1) is 9.54. The molecule has 1 aromatic rings. The van der Waals surface area contributed by atoms with Gasteiger partial charge in [-0.15, -0.1) is 0 Å². The fourth-order valence-electron chi connectivity index (χ4n) is 2.09. The van der Waals surface area contributed by atoms with Crippen molar-refractivity contribution in [1.29, 1.82) is 0 Å². The minimum absolute atomic E-state index is 0.160. The minimum Gasteiger partial charge on any atom is -0.478 e. The number of carboxylic acid groups (broad SMARTS) is 1. The Balaban J connectivity index is 2.37. The van der Waals surface area contributed by atoms with Gasteiger partial charge in [0.1, 0.15) is 0 Å². The van der Waals surface area contributed by atoms with Gasteiger partial charge in [0.15, 0.2) is 0 Å². The van der Waals surface area contributed by atoms with Crippen molar-refractivity contribution in [3.05, 3.63) is 27.9 Å². The monoisotopic (exact) mass is 279 g/mol. The Morgan fingerprint density at radius 2 is 2.30 bits per heavy atom. The fraction of sp³-hybridized carbons (Fsp3) is 0.538. The van der Waals surface area contributed by atoms with E-state index in [4.69, 9.17) is 5.11 Å². The Bertz CT molecular complexity index is 528. The summed E-state index contributed by atoms with van der Waals surface area (Å²) in [6, 6.07) is 1.38. The third kappa shape index (κ3) is 3.04. The number of rotatable bonds is 7. The summed E-state index contributed by atoms with van der Waals surface area (Å²) in [5.41, 5.74) is -0.389. The third-order valence-electron chi connectivity index (χ3n) is 3.30. The molecule has 1 heterocycles. The number of unbranched alkanes of at least 4 members (excludes halogenated alkanes) is 1. The van der Waals surface area contributed by atoms with Crippen LogP contribution in [-0.2, 0) is 0 Å². The molecule has 7 heteroatoms. The Morgan fingerprint density at radius 1 is 1.60 bits per heavy atom. The highest BCUT2D eigenvalue weighted by Crippen LogP contribution is 2.35. The van der Waals surface area contributed by atoms with Gasteiger partial charge in [-0.05, 0) is 19.3 Å². The molecule has 1 aromatic heterocycles. The Morgan fingerprint density at radius 3 is 2.80 bits per heavy atom. The number of aromatic carboxylic acids is 1. The van der Waals surface area contributed by atoms with Crippen LogP contribution in [0.3, 0.4) is 0 Å². The van der Waals surface area contributed by atoms with E-state index >= 15 is 0 Å². The first-order valence-corrected chi connectivity index (χ1v) is 6.69. The third-order valence-corrected chi connectivity index (χ3v) is 3.30. The Kier molecular flexibility index (Phi) is 4.16. The smallest absolute Gasteiger partial charge is 0.337 e.